The number of halogens is 1. The van der Waals surface area contributed by atoms with Gasteiger partial charge in [-0.2, -0.15) is 5.10 Å². The number of rotatable bonds is 3. The van der Waals surface area contributed by atoms with Gasteiger partial charge < -0.3 is 19.6 Å². The zero-order chi connectivity index (χ0) is 25.0. The number of fused-ring (bicyclic) bond motifs is 3. The molecule has 1 aliphatic carbocycles. The minimum Gasteiger partial charge on any atom is -0.508 e. The number of amides is 3. The van der Waals surface area contributed by atoms with Crippen LogP contribution in [0.4, 0.5) is 9.18 Å². The molecule has 3 heterocycles. The van der Waals surface area contributed by atoms with E-state index in [4.69, 9.17) is 9.84 Å². The number of piperidine rings is 1. The van der Waals surface area contributed by atoms with Gasteiger partial charge in [0.1, 0.15) is 17.3 Å². The van der Waals surface area contributed by atoms with E-state index < -0.39 is 11.9 Å². The lowest BCUT2D eigenvalue weighted by Crippen LogP contribution is -2.52. The largest absolute Gasteiger partial charge is 0.508 e. The Labute approximate surface area is 208 Å². The minimum atomic E-state index is -0.491. The van der Waals surface area contributed by atoms with Crippen LogP contribution in [0.1, 0.15) is 49.8 Å². The first-order chi connectivity index (χ1) is 17.4. The first-order valence-corrected chi connectivity index (χ1v) is 12.6. The zero-order valence-electron chi connectivity index (χ0n) is 20.1. The number of benzene rings is 2. The number of urea groups is 1. The van der Waals surface area contributed by atoms with Gasteiger partial charge in [0.05, 0.1) is 24.3 Å². The number of carbonyl (C=O) groups excluding carboxylic acids is 2. The summed E-state index contributed by atoms with van der Waals surface area (Å²) in [5.74, 6) is 0.0164. The van der Waals surface area contributed by atoms with Gasteiger partial charge in [-0.15, -0.1) is 0 Å². The summed E-state index contributed by atoms with van der Waals surface area (Å²) >= 11 is 0. The van der Waals surface area contributed by atoms with E-state index in [-0.39, 0.29) is 35.7 Å². The predicted octanol–water partition coefficient (Wildman–Crippen LogP) is 3.90. The second-order valence-corrected chi connectivity index (χ2v) is 10.1. The minimum absolute atomic E-state index is 0.0224. The van der Waals surface area contributed by atoms with Crippen molar-refractivity contribution in [1.82, 2.24) is 14.8 Å². The summed E-state index contributed by atoms with van der Waals surface area (Å²) in [5, 5.41) is 16.5. The molecule has 1 N–H and O–H groups in total. The Balaban J connectivity index is 1.37. The van der Waals surface area contributed by atoms with Crippen molar-refractivity contribution in [2.45, 2.75) is 50.7 Å². The van der Waals surface area contributed by atoms with Gasteiger partial charge in [0.25, 0.3) is 0 Å². The molecule has 3 aliphatic heterocycles. The van der Waals surface area contributed by atoms with Gasteiger partial charge in [-0.1, -0.05) is 12.1 Å². The Morgan fingerprint density at radius 1 is 1.08 bits per heavy atom. The molecule has 1 saturated heterocycles. The number of phenolic OH excluding ortho intramolecular Hbond substituents is 1. The molecular weight excluding hydrogens is 463 g/mol. The summed E-state index contributed by atoms with van der Waals surface area (Å²) in [6.45, 7) is 3.13. The number of carbonyl (C=O) groups is 2. The average molecular weight is 493 g/mol. The van der Waals surface area contributed by atoms with Gasteiger partial charge in [0, 0.05) is 37.7 Å². The van der Waals surface area contributed by atoms with E-state index in [1.165, 1.54) is 17.1 Å². The number of phenols is 1. The third-order valence-electron chi connectivity index (χ3n) is 7.72. The molecule has 2 aromatic rings. The van der Waals surface area contributed by atoms with E-state index in [0.29, 0.717) is 36.7 Å². The van der Waals surface area contributed by atoms with Crippen LogP contribution < -0.4 is 4.74 Å². The molecule has 2 atom stereocenters. The van der Waals surface area contributed by atoms with Gasteiger partial charge in [-0.3, -0.25) is 4.79 Å². The van der Waals surface area contributed by atoms with Crippen molar-refractivity contribution in [3.05, 3.63) is 59.4 Å². The highest BCUT2D eigenvalue weighted by molar-refractivity contribution is 6.07. The van der Waals surface area contributed by atoms with Gasteiger partial charge in [0.2, 0.25) is 5.91 Å². The van der Waals surface area contributed by atoms with Crippen molar-refractivity contribution < 1.29 is 23.8 Å². The normalized spacial score (nSPS) is 23.4. The van der Waals surface area contributed by atoms with Crippen LogP contribution in [0.5, 0.6) is 11.5 Å². The van der Waals surface area contributed by atoms with E-state index in [1.807, 2.05) is 15.9 Å². The van der Waals surface area contributed by atoms with Crippen molar-refractivity contribution in [2.24, 2.45) is 11.0 Å². The highest BCUT2D eigenvalue weighted by Crippen LogP contribution is 2.45. The fourth-order valence-corrected chi connectivity index (χ4v) is 5.79. The van der Waals surface area contributed by atoms with Crippen LogP contribution in [0.25, 0.3) is 0 Å². The molecule has 1 saturated carbocycles. The third kappa shape index (κ3) is 3.96. The molecular formula is C27H29FN4O4. The number of nitrogens with zero attached hydrogens (tertiary/aromatic N) is 4. The van der Waals surface area contributed by atoms with Crippen molar-refractivity contribution in [1.29, 1.82) is 0 Å². The maximum atomic E-state index is 14.2. The molecule has 8 nitrogen and oxygen atoms in total. The van der Waals surface area contributed by atoms with Gasteiger partial charge in [0.15, 0.2) is 0 Å². The molecule has 36 heavy (non-hydrogen) atoms. The van der Waals surface area contributed by atoms with Crippen molar-refractivity contribution in [3.8, 4) is 11.5 Å². The lowest BCUT2D eigenvalue weighted by Gasteiger charge is -2.40. The smallest absolute Gasteiger partial charge is 0.341 e. The zero-order valence-corrected chi connectivity index (χ0v) is 20.1. The Kier molecular flexibility index (Phi) is 5.58. The number of hydrogen-bond acceptors (Lipinski definition) is 5. The molecule has 0 aromatic heterocycles. The molecule has 3 amide bonds. The van der Waals surface area contributed by atoms with E-state index in [2.05, 4.69) is 0 Å². The highest BCUT2D eigenvalue weighted by atomic mass is 19.1. The Bertz CT molecular complexity index is 1240. The van der Waals surface area contributed by atoms with E-state index >= 15 is 0 Å². The van der Waals surface area contributed by atoms with E-state index in [9.17, 15) is 19.1 Å². The fourth-order valence-electron chi connectivity index (χ4n) is 5.79. The summed E-state index contributed by atoms with van der Waals surface area (Å²) in [4.78, 5) is 29.8. The van der Waals surface area contributed by atoms with Gasteiger partial charge >= 0.3 is 6.03 Å². The summed E-state index contributed by atoms with van der Waals surface area (Å²) in [7, 11) is 0. The Morgan fingerprint density at radius 2 is 1.83 bits per heavy atom. The Morgan fingerprint density at radius 3 is 2.53 bits per heavy atom. The first kappa shape index (κ1) is 22.8. The number of hydrogen-bond donors (Lipinski definition) is 1. The average Bonchev–Trinajstić information content (AvgIpc) is 3.62. The van der Waals surface area contributed by atoms with Crippen LogP contribution in [0.2, 0.25) is 0 Å². The molecule has 2 fully saturated rings. The monoisotopic (exact) mass is 492 g/mol. The second-order valence-electron chi connectivity index (χ2n) is 10.1. The van der Waals surface area contributed by atoms with E-state index in [1.54, 1.807) is 31.2 Å². The second kappa shape index (κ2) is 8.80. The summed E-state index contributed by atoms with van der Waals surface area (Å²) < 4.78 is 20.2. The molecule has 188 valence electrons. The van der Waals surface area contributed by atoms with Crippen molar-refractivity contribution in [3.63, 3.8) is 0 Å². The fraction of sp³-hybridized carbons (Fsp3) is 0.444. The van der Waals surface area contributed by atoms with Crippen LogP contribution in [-0.2, 0) is 4.79 Å². The van der Waals surface area contributed by atoms with Crippen LogP contribution in [0.3, 0.4) is 0 Å². The van der Waals surface area contributed by atoms with Crippen molar-refractivity contribution in [2.75, 3.05) is 19.7 Å². The van der Waals surface area contributed by atoms with Crippen molar-refractivity contribution >= 4 is 17.6 Å². The molecule has 0 spiro atoms. The van der Waals surface area contributed by atoms with Gasteiger partial charge in [-0.25, -0.2) is 14.2 Å². The van der Waals surface area contributed by atoms with Crippen LogP contribution in [0, 0.1) is 11.7 Å². The van der Waals surface area contributed by atoms with E-state index in [0.717, 1.165) is 31.2 Å². The number of ether oxygens (including phenoxy) is 1. The quantitative estimate of drug-likeness (QED) is 0.704. The number of likely N-dealkylation sites (tertiary alicyclic amines) is 1. The molecule has 0 bridgehead atoms. The first-order valence-electron chi connectivity index (χ1n) is 12.6. The Hall–Kier alpha value is -3.62. The highest BCUT2D eigenvalue weighted by Gasteiger charge is 2.49. The summed E-state index contributed by atoms with van der Waals surface area (Å²) in [6, 6.07) is 10.7. The molecule has 2 aromatic carbocycles. The van der Waals surface area contributed by atoms with Gasteiger partial charge in [-0.05, 0) is 61.6 Å². The third-order valence-corrected chi connectivity index (χ3v) is 7.72. The number of aromatic hydroxyl groups is 1. The predicted molar refractivity (Wildman–Crippen MR) is 130 cm³/mol. The molecule has 4 aliphatic rings. The van der Waals surface area contributed by atoms with Crippen LogP contribution in [-0.4, -0.2) is 69.3 Å². The molecule has 6 rings (SSSR count). The molecule has 9 heteroatoms. The lowest BCUT2D eigenvalue weighted by atomic mass is 9.85. The maximum absolute atomic E-state index is 14.2. The van der Waals surface area contributed by atoms with Crippen LogP contribution in [0.15, 0.2) is 47.6 Å². The topological polar surface area (TPSA) is 85.7 Å². The lowest BCUT2D eigenvalue weighted by molar-refractivity contribution is -0.130. The SMILES string of the molecule is CC(=O)N1CCC(N(C(=O)N2N=C3c4cc(F)ccc4OC[C@@H]3[C@H]2c2cccc(O)c2)C2CC2)CC1. The number of hydrazone groups is 1. The maximum Gasteiger partial charge on any atom is 0.341 e. The standard InChI is InChI=1S/C27H29FN4O4/c1-16(33)30-11-9-20(10-12-30)31(19-6-7-19)27(35)32-26(17-3-2-4-21(34)13-17)23-15-36-24-8-5-18(28)14-22(24)25(23)29-32/h2-5,8,13-14,19-20,23,26,34H,6-7,9-12,15H2,1H3/t23-,26+/m0/s1. The van der Waals surface area contributed by atoms with Crippen LogP contribution >= 0.6 is 0 Å². The summed E-state index contributed by atoms with van der Waals surface area (Å²) in [5.41, 5.74) is 1.93. The molecule has 0 radical (unpaired) electrons. The summed E-state index contributed by atoms with van der Waals surface area (Å²) in [6.07, 6.45) is 3.34. The molecule has 0 unspecified atom stereocenters.